The van der Waals surface area contributed by atoms with Gasteiger partial charge in [-0.25, -0.2) is 13.8 Å². The second kappa shape index (κ2) is 13.0. The minimum absolute atomic E-state index is 0.0587. The molecule has 0 fully saturated rings. The molecule has 0 unspecified atom stereocenters. The summed E-state index contributed by atoms with van der Waals surface area (Å²) in [6, 6.07) is 16.4. The van der Waals surface area contributed by atoms with E-state index >= 15 is 0 Å². The third-order valence-corrected chi connectivity index (χ3v) is 7.69. The van der Waals surface area contributed by atoms with E-state index in [-0.39, 0.29) is 10.6 Å². The van der Waals surface area contributed by atoms with E-state index in [1.54, 1.807) is 49.6 Å². The van der Waals surface area contributed by atoms with Crippen LogP contribution in [0, 0.1) is 6.92 Å². The SMILES string of the molecule is CC/C(=N/NC(=O)CN(c1ccc(C)cc1)S(=O)(=O)c1ccc(OC)c(OC)c1)c1ccc(OC)c(OC)c1. The van der Waals surface area contributed by atoms with E-state index in [9.17, 15) is 13.2 Å². The Kier molecular flexibility index (Phi) is 9.78. The van der Waals surface area contributed by atoms with Crippen LogP contribution in [0.1, 0.15) is 24.5 Å². The lowest BCUT2D eigenvalue weighted by molar-refractivity contribution is -0.119. The Morgan fingerprint density at radius 3 is 1.95 bits per heavy atom. The van der Waals surface area contributed by atoms with Crippen LogP contribution < -0.4 is 28.7 Å². The van der Waals surface area contributed by atoms with Crippen molar-refractivity contribution in [3.8, 4) is 23.0 Å². The fraction of sp³-hybridized carbons (Fsp3) is 0.286. The van der Waals surface area contributed by atoms with Gasteiger partial charge >= 0.3 is 0 Å². The molecular weight excluding hydrogens is 522 g/mol. The number of aryl methyl sites for hydroxylation is 1. The average Bonchev–Trinajstić information content (AvgIpc) is 2.96. The van der Waals surface area contributed by atoms with E-state index in [1.165, 1.54) is 39.5 Å². The van der Waals surface area contributed by atoms with Crippen molar-refractivity contribution in [2.75, 3.05) is 39.3 Å². The average molecular weight is 556 g/mol. The summed E-state index contributed by atoms with van der Waals surface area (Å²) < 4.78 is 49.7. The van der Waals surface area contributed by atoms with Gasteiger partial charge in [0.05, 0.1) is 44.7 Å². The topological polar surface area (TPSA) is 116 Å². The number of nitrogens with zero attached hydrogens (tertiary/aromatic N) is 2. The number of hydrogen-bond donors (Lipinski definition) is 1. The lowest BCUT2D eigenvalue weighted by Crippen LogP contribution is -2.39. The number of carbonyl (C=O) groups is 1. The molecule has 10 nitrogen and oxygen atoms in total. The van der Waals surface area contributed by atoms with Crippen LogP contribution in [0.5, 0.6) is 23.0 Å². The first-order valence-electron chi connectivity index (χ1n) is 12.1. The maximum Gasteiger partial charge on any atom is 0.264 e. The first-order chi connectivity index (χ1) is 18.7. The van der Waals surface area contributed by atoms with Gasteiger partial charge in [-0.1, -0.05) is 24.6 Å². The van der Waals surface area contributed by atoms with Crippen molar-refractivity contribution >= 4 is 27.3 Å². The smallest absolute Gasteiger partial charge is 0.264 e. The van der Waals surface area contributed by atoms with E-state index in [0.717, 1.165) is 15.4 Å². The van der Waals surface area contributed by atoms with Gasteiger partial charge in [-0.15, -0.1) is 0 Å². The lowest BCUT2D eigenvalue weighted by atomic mass is 10.1. The molecule has 0 bridgehead atoms. The van der Waals surface area contributed by atoms with E-state index in [4.69, 9.17) is 18.9 Å². The first-order valence-corrected chi connectivity index (χ1v) is 13.5. The summed E-state index contributed by atoms with van der Waals surface area (Å²) in [6.07, 6.45) is 0.501. The molecule has 1 amide bonds. The second-order valence-corrected chi connectivity index (χ2v) is 10.2. The number of nitrogens with one attached hydrogen (secondary N) is 1. The van der Waals surface area contributed by atoms with Crippen LogP contribution >= 0.6 is 0 Å². The molecule has 3 rings (SSSR count). The van der Waals surface area contributed by atoms with Gasteiger partial charge in [0, 0.05) is 11.6 Å². The molecule has 3 aromatic carbocycles. The highest BCUT2D eigenvalue weighted by Gasteiger charge is 2.28. The van der Waals surface area contributed by atoms with E-state index in [2.05, 4.69) is 10.5 Å². The normalized spacial score (nSPS) is 11.5. The van der Waals surface area contributed by atoms with Crippen LogP contribution in [0.25, 0.3) is 0 Å². The minimum Gasteiger partial charge on any atom is -0.493 e. The number of methoxy groups -OCH3 is 4. The Morgan fingerprint density at radius 2 is 1.38 bits per heavy atom. The number of anilines is 1. The predicted octanol–water partition coefficient (Wildman–Crippen LogP) is 4.16. The number of benzene rings is 3. The number of carbonyl (C=O) groups excluding carboxylic acids is 1. The number of ether oxygens (including phenoxy) is 4. The molecule has 0 spiro atoms. The zero-order chi connectivity index (χ0) is 28.6. The maximum atomic E-state index is 13.8. The van der Waals surface area contributed by atoms with Gasteiger partial charge in [-0.3, -0.25) is 9.10 Å². The van der Waals surface area contributed by atoms with E-state index in [0.29, 0.717) is 35.1 Å². The van der Waals surface area contributed by atoms with Crippen molar-refractivity contribution in [2.24, 2.45) is 5.10 Å². The summed E-state index contributed by atoms with van der Waals surface area (Å²) in [6.45, 7) is 3.27. The van der Waals surface area contributed by atoms with Gasteiger partial charge in [0.2, 0.25) is 0 Å². The molecule has 39 heavy (non-hydrogen) atoms. The lowest BCUT2D eigenvalue weighted by Gasteiger charge is -2.24. The molecule has 0 atom stereocenters. The van der Waals surface area contributed by atoms with Gasteiger partial charge in [-0.2, -0.15) is 5.10 Å². The molecular formula is C28H33N3O7S. The van der Waals surface area contributed by atoms with E-state index in [1.807, 2.05) is 13.8 Å². The Hall–Kier alpha value is -4.25. The number of hydrogen-bond acceptors (Lipinski definition) is 8. The third kappa shape index (κ3) is 6.80. The number of rotatable bonds is 12. The van der Waals surface area contributed by atoms with Crippen LogP contribution in [-0.4, -0.2) is 55.0 Å². The van der Waals surface area contributed by atoms with Crippen LogP contribution in [0.4, 0.5) is 5.69 Å². The molecule has 0 aliphatic heterocycles. The molecule has 0 saturated heterocycles. The third-order valence-electron chi connectivity index (χ3n) is 5.92. The highest BCUT2D eigenvalue weighted by Crippen LogP contribution is 2.32. The predicted molar refractivity (Wildman–Crippen MR) is 150 cm³/mol. The largest absolute Gasteiger partial charge is 0.493 e. The zero-order valence-corrected chi connectivity index (χ0v) is 23.7. The number of amides is 1. The molecule has 0 aliphatic carbocycles. The Bertz CT molecular complexity index is 1440. The molecule has 0 saturated carbocycles. The highest BCUT2D eigenvalue weighted by molar-refractivity contribution is 7.92. The first kappa shape index (κ1) is 29.3. The minimum atomic E-state index is -4.17. The monoisotopic (exact) mass is 555 g/mol. The summed E-state index contributed by atoms with van der Waals surface area (Å²) in [5.74, 6) is 1.10. The van der Waals surface area contributed by atoms with E-state index < -0.39 is 22.5 Å². The Labute approximate surface area is 229 Å². The summed E-state index contributed by atoms with van der Waals surface area (Å²) in [7, 11) is 1.78. The summed E-state index contributed by atoms with van der Waals surface area (Å²) >= 11 is 0. The van der Waals surface area contributed by atoms with Crippen molar-refractivity contribution in [1.29, 1.82) is 0 Å². The number of sulfonamides is 1. The maximum absolute atomic E-state index is 13.8. The van der Waals surface area contributed by atoms with Crippen LogP contribution in [0.3, 0.4) is 0 Å². The molecule has 0 heterocycles. The molecule has 1 N–H and O–H groups in total. The molecule has 3 aromatic rings. The molecule has 0 aromatic heterocycles. The molecule has 0 radical (unpaired) electrons. The molecule has 0 aliphatic rings. The number of hydrazone groups is 1. The fourth-order valence-electron chi connectivity index (χ4n) is 3.79. The zero-order valence-electron chi connectivity index (χ0n) is 22.8. The van der Waals surface area contributed by atoms with Gasteiger partial charge in [0.25, 0.3) is 15.9 Å². The van der Waals surface area contributed by atoms with Crippen LogP contribution in [0.15, 0.2) is 70.7 Å². The highest BCUT2D eigenvalue weighted by atomic mass is 32.2. The van der Waals surface area contributed by atoms with Gasteiger partial charge in [0.1, 0.15) is 6.54 Å². The quantitative estimate of drug-likeness (QED) is 0.264. The fourth-order valence-corrected chi connectivity index (χ4v) is 5.23. The van der Waals surface area contributed by atoms with Crippen molar-refractivity contribution in [3.63, 3.8) is 0 Å². The standard InChI is InChI=1S/C28H33N3O7S/c1-7-23(20-10-14-24(35-3)26(16-20)37-5)29-30-28(32)18-31(21-11-8-19(2)9-12-21)39(33,34)22-13-15-25(36-4)27(17-22)38-6/h8-17H,7,18H2,1-6H3,(H,30,32)/b29-23-. The summed E-state index contributed by atoms with van der Waals surface area (Å²) in [5, 5.41) is 4.27. The molecule has 11 heteroatoms. The van der Waals surface area contributed by atoms with Gasteiger partial charge in [-0.05, 0) is 55.8 Å². The Balaban J connectivity index is 1.93. The van der Waals surface area contributed by atoms with Gasteiger partial charge in [0.15, 0.2) is 23.0 Å². The van der Waals surface area contributed by atoms with Crippen molar-refractivity contribution < 1.29 is 32.2 Å². The summed E-state index contributed by atoms with van der Waals surface area (Å²) in [4.78, 5) is 13.0. The van der Waals surface area contributed by atoms with Crippen LogP contribution in [-0.2, 0) is 14.8 Å². The molecule has 208 valence electrons. The van der Waals surface area contributed by atoms with Crippen molar-refractivity contribution in [2.45, 2.75) is 25.2 Å². The Morgan fingerprint density at radius 1 is 0.821 bits per heavy atom. The van der Waals surface area contributed by atoms with Gasteiger partial charge < -0.3 is 18.9 Å². The van der Waals surface area contributed by atoms with Crippen molar-refractivity contribution in [1.82, 2.24) is 5.43 Å². The second-order valence-electron chi connectivity index (χ2n) is 8.38. The van der Waals surface area contributed by atoms with Crippen LogP contribution in [0.2, 0.25) is 0 Å². The summed E-state index contributed by atoms with van der Waals surface area (Å²) in [5.41, 5.74) is 5.07. The van der Waals surface area contributed by atoms with Crippen molar-refractivity contribution in [3.05, 3.63) is 71.8 Å².